The largest absolute Gasteiger partial charge is 0.286 e. The predicted molar refractivity (Wildman–Crippen MR) is 61.0 cm³/mol. The van der Waals surface area contributed by atoms with Gasteiger partial charge in [0.2, 0.25) is 23.6 Å². The molecule has 0 saturated carbocycles. The summed E-state index contributed by atoms with van der Waals surface area (Å²) in [5.41, 5.74) is 0. The van der Waals surface area contributed by atoms with Crippen molar-refractivity contribution in [3.63, 3.8) is 0 Å². The van der Waals surface area contributed by atoms with Gasteiger partial charge in [-0.25, -0.2) is 0 Å². The fourth-order valence-corrected chi connectivity index (χ4v) is 2.53. The molecule has 0 N–H and O–H groups in total. The molecule has 98 valence electrons. The molecular formula is C12H16N2O4. The van der Waals surface area contributed by atoms with Gasteiger partial charge in [0.15, 0.2) is 0 Å². The van der Waals surface area contributed by atoms with Gasteiger partial charge in [0, 0.05) is 39.8 Å². The van der Waals surface area contributed by atoms with Crippen LogP contribution in [0, 0.1) is 11.8 Å². The minimum Gasteiger partial charge on any atom is -0.286 e. The van der Waals surface area contributed by atoms with Gasteiger partial charge in [0.05, 0.1) is 0 Å². The normalized spacial score (nSPS) is 24.1. The molecule has 4 amide bonds. The molecule has 0 unspecified atom stereocenters. The van der Waals surface area contributed by atoms with Gasteiger partial charge in [-0.15, -0.1) is 0 Å². The minimum absolute atomic E-state index is 0.178. The molecule has 0 radical (unpaired) electrons. The molecule has 2 saturated heterocycles. The topological polar surface area (TPSA) is 74.8 Å². The van der Waals surface area contributed by atoms with E-state index in [2.05, 4.69) is 0 Å². The lowest BCUT2D eigenvalue weighted by molar-refractivity contribution is -0.155. The van der Waals surface area contributed by atoms with Crippen LogP contribution in [0.15, 0.2) is 0 Å². The Morgan fingerprint density at radius 3 is 1.11 bits per heavy atom. The standard InChI is InChI=1S/C12H16N2O4/c1-13-9(15)3-7(4-10(13)16)8-5-11(17)14(2)12(18)6-8/h7-8H,3-6H2,1-2H3. The Labute approximate surface area is 105 Å². The zero-order valence-electron chi connectivity index (χ0n) is 10.5. The highest BCUT2D eigenvalue weighted by atomic mass is 16.2. The molecule has 2 aliphatic rings. The van der Waals surface area contributed by atoms with E-state index in [1.54, 1.807) is 0 Å². The van der Waals surface area contributed by atoms with E-state index in [0.29, 0.717) is 0 Å². The smallest absolute Gasteiger partial charge is 0.229 e. The average molecular weight is 252 g/mol. The minimum atomic E-state index is -0.227. The second-order valence-electron chi connectivity index (χ2n) is 5.03. The highest BCUT2D eigenvalue weighted by molar-refractivity contribution is 5.99. The van der Waals surface area contributed by atoms with Crippen LogP contribution in [0.25, 0.3) is 0 Å². The molecule has 0 aromatic rings. The summed E-state index contributed by atoms with van der Waals surface area (Å²) in [5, 5.41) is 0. The van der Waals surface area contributed by atoms with Crippen molar-refractivity contribution in [3.8, 4) is 0 Å². The first-order valence-electron chi connectivity index (χ1n) is 5.99. The van der Waals surface area contributed by atoms with Gasteiger partial charge >= 0.3 is 0 Å². The fourth-order valence-electron chi connectivity index (χ4n) is 2.53. The van der Waals surface area contributed by atoms with E-state index in [-0.39, 0.29) is 61.1 Å². The number of imide groups is 2. The number of nitrogens with zero attached hydrogens (tertiary/aromatic N) is 2. The molecule has 6 nitrogen and oxygen atoms in total. The second kappa shape index (κ2) is 4.51. The van der Waals surface area contributed by atoms with Crippen LogP contribution < -0.4 is 0 Å². The van der Waals surface area contributed by atoms with E-state index in [1.165, 1.54) is 14.1 Å². The maximum atomic E-state index is 11.6. The van der Waals surface area contributed by atoms with Crippen molar-refractivity contribution >= 4 is 23.6 Å². The number of piperidine rings is 2. The van der Waals surface area contributed by atoms with Gasteiger partial charge in [-0.05, 0) is 11.8 Å². The fraction of sp³-hybridized carbons (Fsp3) is 0.667. The summed E-state index contributed by atoms with van der Waals surface area (Å²) >= 11 is 0. The van der Waals surface area contributed by atoms with Crippen molar-refractivity contribution in [3.05, 3.63) is 0 Å². The molecule has 0 atom stereocenters. The van der Waals surface area contributed by atoms with Crippen molar-refractivity contribution in [2.24, 2.45) is 11.8 Å². The first kappa shape index (κ1) is 12.7. The van der Waals surface area contributed by atoms with Crippen molar-refractivity contribution in [1.82, 2.24) is 9.80 Å². The lowest BCUT2D eigenvalue weighted by atomic mass is 9.78. The highest BCUT2D eigenvalue weighted by Gasteiger charge is 2.39. The number of hydrogen-bond acceptors (Lipinski definition) is 4. The Hall–Kier alpha value is -1.72. The van der Waals surface area contributed by atoms with E-state index in [4.69, 9.17) is 0 Å². The lowest BCUT2D eigenvalue weighted by Crippen LogP contribution is -2.47. The van der Waals surface area contributed by atoms with Crippen LogP contribution in [0.4, 0.5) is 0 Å². The average Bonchev–Trinajstić information content (AvgIpc) is 2.31. The van der Waals surface area contributed by atoms with E-state index < -0.39 is 0 Å². The van der Waals surface area contributed by atoms with E-state index >= 15 is 0 Å². The molecule has 18 heavy (non-hydrogen) atoms. The SMILES string of the molecule is CN1C(=O)CC(C2CC(=O)N(C)C(=O)C2)CC1=O. The van der Waals surface area contributed by atoms with Gasteiger partial charge in [0.25, 0.3) is 0 Å². The summed E-state index contributed by atoms with van der Waals surface area (Å²) < 4.78 is 0. The third kappa shape index (κ3) is 2.14. The Bertz CT molecular complexity index is 356. The number of carbonyl (C=O) groups is 4. The molecule has 6 heteroatoms. The van der Waals surface area contributed by atoms with Gasteiger partial charge in [0.1, 0.15) is 0 Å². The maximum absolute atomic E-state index is 11.6. The molecule has 0 bridgehead atoms. The van der Waals surface area contributed by atoms with Gasteiger partial charge in [-0.2, -0.15) is 0 Å². The summed E-state index contributed by atoms with van der Waals surface area (Å²) in [6.45, 7) is 0. The molecule has 2 aliphatic heterocycles. The van der Waals surface area contributed by atoms with Crippen LogP contribution in [-0.2, 0) is 19.2 Å². The Morgan fingerprint density at radius 1 is 0.667 bits per heavy atom. The van der Waals surface area contributed by atoms with Crippen LogP contribution in [0.2, 0.25) is 0 Å². The van der Waals surface area contributed by atoms with E-state index in [0.717, 1.165) is 9.80 Å². The van der Waals surface area contributed by atoms with Gasteiger partial charge < -0.3 is 0 Å². The number of likely N-dealkylation sites (tertiary alicyclic amines) is 2. The first-order valence-corrected chi connectivity index (χ1v) is 5.99. The molecule has 0 aromatic heterocycles. The number of hydrogen-bond donors (Lipinski definition) is 0. The molecule has 2 fully saturated rings. The van der Waals surface area contributed by atoms with Crippen molar-refractivity contribution in [2.75, 3.05) is 14.1 Å². The second-order valence-corrected chi connectivity index (χ2v) is 5.03. The van der Waals surface area contributed by atoms with Crippen molar-refractivity contribution in [2.45, 2.75) is 25.7 Å². The Kier molecular flexibility index (Phi) is 3.19. The Morgan fingerprint density at radius 2 is 0.889 bits per heavy atom. The van der Waals surface area contributed by atoms with E-state index in [9.17, 15) is 19.2 Å². The molecular weight excluding hydrogens is 236 g/mol. The summed E-state index contributed by atoms with van der Waals surface area (Å²) in [6.07, 6.45) is 0.989. The summed E-state index contributed by atoms with van der Waals surface area (Å²) in [5.74, 6) is -1.26. The molecule has 0 aromatic carbocycles. The number of rotatable bonds is 1. The number of amides is 4. The van der Waals surface area contributed by atoms with Crippen LogP contribution in [0.5, 0.6) is 0 Å². The molecule has 0 aliphatic carbocycles. The van der Waals surface area contributed by atoms with Crippen LogP contribution in [0.3, 0.4) is 0 Å². The number of carbonyl (C=O) groups excluding carboxylic acids is 4. The van der Waals surface area contributed by atoms with E-state index in [1.807, 2.05) is 0 Å². The third-order valence-corrected chi connectivity index (χ3v) is 3.91. The predicted octanol–water partition coefficient (Wildman–Crippen LogP) is -0.224. The Balaban J connectivity index is 2.09. The van der Waals surface area contributed by atoms with Crippen molar-refractivity contribution < 1.29 is 19.2 Å². The quantitative estimate of drug-likeness (QED) is 0.604. The zero-order valence-corrected chi connectivity index (χ0v) is 10.5. The molecule has 0 spiro atoms. The van der Waals surface area contributed by atoms with Gasteiger partial charge in [-0.3, -0.25) is 29.0 Å². The lowest BCUT2D eigenvalue weighted by Gasteiger charge is -2.35. The maximum Gasteiger partial charge on any atom is 0.229 e. The summed E-state index contributed by atoms with van der Waals surface area (Å²) in [7, 11) is 2.93. The summed E-state index contributed by atoms with van der Waals surface area (Å²) in [4.78, 5) is 48.7. The van der Waals surface area contributed by atoms with Crippen LogP contribution >= 0.6 is 0 Å². The monoisotopic (exact) mass is 252 g/mol. The molecule has 2 rings (SSSR count). The summed E-state index contributed by atoms with van der Waals surface area (Å²) in [6, 6.07) is 0. The highest BCUT2D eigenvalue weighted by Crippen LogP contribution is 2.33. The molecule has 2 heterocycles. The first-order chi connectivity index (χ1) is 8.40. The van der Waals surface area contributed by atoms with Crippen LogP contribution in [0.1, 0.15) is 25.7 Å². The third-order valence-electron chi connectivity index (χ3n) is 3.91. The van der Waals surface area contributed by atoms with Gasteiger partial charge in [-0.1, -0.05) is 0 Å². The zero-order chi connectivity index (χ0) is 13.4. The van der Waals surface area contributed by atoms with Crippen LogP contribution in [-0.4, -0.2) is 47.5 Å². The van der Waals surface area contributed by atoms with Crippen molar-refractivity contribution in [1.29, 1.82) is 0 Å².